The molecule has 0 radical (unpaired) electrons. The smallest absolute Gasteiger partial charge is 0.395 e. The van der Waals surface area contributed by atoms with Crippen LogP contribution in [0, 0.1) is 5.92 Å². The number of halogens is 2. The topological polar surface area (TPSA) is 61.8 Å². The minimum Gasteiger partial charge on any atom is -0.395 e. The van der Waals surface area contributed by atoms with Crippen molar-refractivity contribution in [3.8, 4) is 11.5 Å². The van der Waals surface area contributed by atoms with Crippen molar-refractivity contribution in [2.45, 2.75) is 19.0 Å². The van der Waals surface area contributed by atoms with Crippen LogP contribution in [0.2, 0.25) is 0 Å². The first-order chi connectivity index (χ1) is 9.71. The van der Waals surface area contributed by atoms with Crippen LogP contribution < -0.4 is 9.47 Å². The lowest BCUT2D eigenvalue weighted by atomic mass is 10.2. The van der Waals surface area contributed by atoms with E-state index in [1.807, 2.05) is 0 Å². The van der Waals surface area contributed by atoms with Gasteiger partial charge in [-0.15, -0.1) is 8.78 Å². The Hall–Kier alpha value is -1.41. The first kappa shape index (κ1) is 16.0. The Morgan fingerprint density at radius 1 is 1.29 bits per heavy atom. The third-order valence-corrected chi connectivity index (χ3v) is 4.69. The molecule has 0 aliphatic carbocycles. The van der Waals surface area contributed by atoms with Gasteiger partial charge in [-0.1, -0.05) is 13.0 Å². The summed E-state index contributed by atoms with van der Waals surface area (Å²) in [5.41, 5.74) is 0.375. The third-order valence-electron chi connectivity index (χ3n) is 2.84. The normalized spacial score (nSPS) is 17.7. The quantitative estimate of drug-likeness (QED) is 0.803. The number of rotatable bonds is 6. The van der Waals surface area contributed by atoms with Crippen LogP contribution in [0.3, 0.4) is 0 Å². The number of benzene rings is 1. The van der Waals surface area contributed by atoms with Gasteiger partial charge in [0.15, 0.2) is 21.3 Å². The summed E-state index contributed by atoms with van der Waals surface area (Å²) < 4.78 is 63.3. The molecule has 0 amide bonds. The molecule has 118 valence electrons. The van der Waals surface area contributed by atoms with Crippen molar-refractivity contribution in [2.75, 3.05) is 19.5 Å². The molecule has 0 spiro atoms. The molecule has 1 heterocycles. The van der Waals surface area contributed by atoms with Gasteiger partial charge in [-0.3, -0.25) is 0 Å². The largest absolute Gasteiger partial charge is 0.586 e. The SMILES string of the molecule is COCC(C)CS(=O)(=O)Cc1ccc2c(c1)OC(F)(F)O2. The van der Waals surface area contributed by atoms with Gasteiger partial charge in [-0.05, 0) is 23.6 Å². The molecule has 1 aliphatic rings. The zero-order chi connectivity index (χ0) is 15.7. The van der Waals surface area contributed by atoms with Crippen molar-refractivity contribution < 1.29 is 31.4 Å². The van der Waals surface area contributed by atoms with E-state index in [-0.39, 0.29) is 28.9 Å². The molecule has 0 aromatic heterocycles. The number of hydrogen-bond acceptors (Lipinski definition) is 5. The zero-order valence-electron chi connectivity index (χ0n) is 11.6. The Morgan fingerprint density at radius 3 is 2.62 bits per heavy atom. The number of ether oxygens (including phenoxy) is 3. The maximum Gasteiger partial charge on any atom is 0.586 e. The first-order valence-corrected chi connectivity index (χ1v) is 8.11. The molecule has 5 nitrogen and oxygen atoms in total. The van der Waals surface area contributed by atoms with Gasteiger partial charge >= 0.3 is 6.29 Å². The Morgan fingerprint density at radius 2 is 1.95 bits per heavy atom. The molecular weight excluding hydrogens is 306 g/mol. The Balaban J connectivity index is 2.08. The summed E-state index contributed by atoms with van der Waals surface area (Å²) in [4.78, 5) is 0. The lowest BCUT2D eigenvalue weighted by Crippen LogP contribution is -2.25. The summed E-state index contributed by atoms with van der Waals surface area (Å²) in [6, 6.07) is 3.97. The Bertz CT molecular complexity index is 615. The number of sulfone groups is 1. The molecule has 1 aromatic carbocycles. The van der Waals surface area contributed by atoms with Crippen molar-refractivity contribution in [3.05, 3.63) is 23.8 Å². The van der Waals surface area contributed by atoms with E-state index in [1.54, 1.807) is 6.92 Å². The van der Waals surface area contributed by atoms with Crippen LogP contribution >= 0.6 is 0 Å². The van der Waals surface area contributed by atoms with Gasteiger partial charge < -0.3 is 14.2 Å². The van der Waals surface area contributed by atoms with Gasteiger partial charge in [0.1, 0.15) is 0 Å². The van der Waals surface area contributed by atoms with Crippen molar-refractivity contribution >= 4 is 9.84 Å². The molecule has 0 bridgehead atoms. The molecule has 0 saturated heterocycles. The van der Waals surface area contributed by atoms with E-state index in [0.717, 1.165) is 0 Å². The van der Waals surface area contributed by atoms with Gasteiger partial charge in [0.05, 0.1) is 11.5 Å². The number of hydrogen-bond donors (Lipinski definition) is 0. The van der Waals surface area contributed by atoms with Gasteiger partial charge in [0.25, 0.3) is 0 Å². The maximum atomic E-state index is 12.9. The lowest BCUT2D eigenvalue weighted by molar-refractivity contribution is -0.286. The fourth-order valence-corrected chi connectivity index (χ4v) is 3.93. The molecule has 8 heteroatoms. The number of alkyl halides is 2. The average Bonchev–Trinajstić information content (AvgIpc) is 2.61. The second-order valence-electron chi connectivity index (χ2n) is 5.06. The highest BCUT2D eigenvalue weighted by Crippen LogP contribution is 2.41. The highest BCUT2D eigenvalue weighted by atomic mass is 32.2. The van der Waals surface area contributed by atoms with Crippen molar-refractivity contribution in [2.24, 2.45) is 5.92 Å². The van der Waals surface area contributed by atoms with Crippen LogP contribution in [0.25, 0.3) is 0 Å². The minimum atomic E-state index is -3.70. The molecule has 1 aromatic rings. The molecule has 1 atom stereocenters. The summed E-state index contributed by atoms with van der Waals surface area (Å²) in [6.07, 6.45) is -3.70. The highest BCUT2D eigenvalue weighted by Gasteiger charge is 2.43. The molecule has 2 rings (SSSR count). The fourth-order valence-electron chi connectivity index (χ4n) is 2.16. The molecule has 21 heavy (non-hydrogen) atoms. The molecular formula is C13H16F2O5S. The zero-order valence-corrected chi connectivity index (χ0v) is 12.5. The van der Waals surface area contributed by atoms with E-state index in [0.29, 0.717) is 12.2 Å². The van der Waals surface area contributed by atoms with E-state index in [9.17, 15) is 17.2 Å². The van der Waals surface area contributed by atoms with Gasteiger partial charge in [0, 0.05) is 13.7 Å². The second-order valence-corrected chi connectivity index (χ2v) is 7.17. The average molecular weight is 322 g/mol. The van der Waals surface area contributed by atoms with E-state index >= 15 is 0 Å². The van der Waals surface area contributed by atoms with E-state index in [4.69, 9.17) is 4.74 Å². The molecule has 0 fully saturated rings. The summed E-state index contributed by atoms with van der Waals surface area (Å²) in [5.74, 6) is -0.681. The van der Waals surface area contributed by atoms with Crippen LogP contribution in [-0.2, 0) is 20.3 Å². The standard InChI is InChI=1S/C13H16F2O5S/c1-9(6-18-2)7-21(16,17)8-10-3-4-11-12(5-10)20-13(14,15)19-11/h3-5,9H,6-8H2,1-2H3. The monoisotopic (exact) mass is 322 g/mol. The minimum absolute atomic E-state index is 0.0363. The second kappa shape index (κ2) is 5.76. The van der Waals surface area contributed by atoms with Crippen molar-refractivity contribution in [1.29, 1.82) is 0 Å². The highest BCUT2D eigenvalue weighted by molar-refractivity contribution is 7.90. The predicted molar refractivity (Wildman–Crippen MR) is 71.2 cm³/mol. The Labute approximate surface area is 121 Å². The predicted octanol–water partition coefficient (Wildman–Crippen LogP) is 2.21. The molecule has 1 aliphatic heterocycles. The van der Waals surface area contributed by atoms with Crippen LogP contribution in [0.4, 0.5) is 8.78 Å². The van der Waals surface area contributed by atoms with Crippen molar-refractivity contribution in [1.82, 2.24) is 0 Å². The van der Waals surface area contributed by atoms with Gasteiger partial charge in [-0.2, -0.15) is 0 Å². The number of methoxy groups -OCH3 is 1. The summed E-state index contributed by atoms with van der Waals surface area (Å²) >= 11 is 0. The molecule has 0 N–H and O–H groups in total. The summed E-state index contributed by atoms with van der Waals surface area (Å²) in [5, 5.41) is 0. The van der Waals surface area contributed by atoms with Crippen LogP contribution in [-0.4, -0.2) is 34.2 Å². The van der Waals surface area contributed by atoms with E-state index < -0.39 is 16.1 Å². The van der Waals surface area contributed by atoms with Crippen LogP contribution in [0.15, 0.2) is 18.2 Å². The van der Waals surface area contributed by atoms with Crippen LogP contribution in [0.5, 0.6) is 11.5 Å². The molecule has 0 saturated carbocycles. The molecule has 1 unspecified atom stereocenters. The van der Waals surface area contributed by atoms with Gasteiger partial charge in [-0.25, -0.2) is 8.42 Å². The van der Waals surface area contributed by atoms with Crippen LogP contribution in [0.1, 0.15) is 12.5 Å². The van der Waals surface area contributed by atoms with E-state index in [2.05, 4.69) is 9.47 Å². The van der Waals surface area contributed by atoms with Gasteiger partial charge in [0.2, 0.25) is 0 Å². The summed E-state index contributed by atoms with van der Waals surface area (Å²) in [7, 11) is -1.86. The maximum absolute atomic E-state index is 12.9. The third kappa shape index (κ3) is 4.28. The summed E-state index contributed by atoms with van der Waals surface area (Å²) in [6.45, 7) is 2.10. The fraction of sp³-hybridized carbons (Fsp3) is 0.538. The Kier molecular flexibility index (Phi) is 4.38. The first-order valence-electron chi connectivity index (χ1n) is 6.29. The lowest BCUT2D eigenvalue weighted by Gasteiger charge is -2.11. The number of fused-ring (bicyclic) bond motifs is 1. The van der Waals surface area contributed by atoms with Crippen molar-refractivity contribution in [3.63, 3.8) is 0 Å². The van der Waals surface area contributed by atoms with E-state index in [1.165, 1.54) is 25.3 Å².